The molecule has 0 fully saturated rings. The van der Waals surface area contributed by atoms with Crippen molar-refractivity contribution in [3.63, 3.8) is 0 Å². The molecular weight excluding hydrogens is 186 g/mol. The number of rotatable bonds is 1. The van der Waals surface area contributed by atoms with Crippen molar-refractivity contribution in [3.8, 4) is 0 Å². The average Bonchev–Trinajstić information content (AvgIpc) is 2.15. The zero-order chi connectivity index (χ0) is 10.9. The maximum atomic E-state index is 5.42. The maximum absolute atomic E-state index is 5.42. The molecule has 0 amide bonds. The van der Waals surface area contributed by atoms with E-state index in [1.54, 1.807) is 0 Å². The highest BCUT2D eigenvalue weighted by Gasteiger charge is 2.15. The van der Waals surface area contributed by atoms with Crippen molar-refractivity contribution in [1.82, 2.24) is 4.98 Å². The third kappa shape index (κ3) is 2.78. The largest absolute Gasteiger partial charge is 0.375 e. The van der Waals surface area contributed by atoms with Crippen LogP contribution in [0.15, 0.2) is 12.1 Å². The Labute approximate surface area is 91.7 Å². The van der Waals surface area contributed by atoms with Crippen LogP contribution in [0.1, 0.15) is 37.7 Å². The van der Waals surface area contributed by atoms with Gasteiger partial charge in [-0.15, -0.1) is 0 Å². The summed E-state index contributed by atoms with van der Waals surface area (Å²) < 4.78 is 5.42. The second-order valence-electron chi connectivity index (χ2n) is 5.45. The minimum atomic E-state index is 0.302. The van der Waals surface area contributed by atoms with E-state index in [4.69, 9.17) is 4.74 Å². The highest BCUT2D eigenvalue weighted by atomic mass is 16.5. The Balaban J connectivity index is 2.21. The summed E-state index contributed by atoms with van der Waals surface area (Å²) >= 11 is 0. The lowest BCUT2D eigenvalue weighted by Gasteiger charge is -2.20. The van der Waals surface area contributed by atoms with Crippen LogP contribution < -0.4 is 0 Å². The van der Waals surface area contributed by atoms with Gasteiger partial charge in [0.15, 0.2) is 0 Å². The summed E-state index contributed by atoms with van der Waals surface area (Å²) in [6.07, 6.45) is 2.04. The third-order valence-corrected chi connectivity index (χ3v) is 2.59. The monoisotopic (exact) mass is 205 g/mol. The number of aromatic nitrogens is 1. The summed E-state index contributed by atoms with van der Waals surface area (Å²) in [6, 6.07) is 4.38. The van der Waals surface area contributed by atoms with Crippen molar-refractivity contribution in [2.45, 2.75) is 40.2 Å². The van der Waals surface area contributed by atoms with Crippen molar-refractivity contribution in [1.29, 1.82) is 0 Å². The summed E-state index contributed by atoms with van der Waals surface area (Å²) in [7, 11) is 0. The Morgan fingerprint density at radius 1 is 1.33 bits per heavy atom. The molecule has 0 unspecified atom stereocenters. The van der Waals surface area contributed by atoms with Gasteiger partial charge in [0.25, 0.3) is 0 Å². The van der Waals surface area contributed by atoms with Gasteiger partial charge in [-0.25, -0.2) is 0 Å². The molecule has 0 saturated carbocycles. The molecule has 2 rings (SSSR count). The van der Waals surface area contributed by atoms with Gasteiger partial charge in [0.2, 0.25) is 0 Å². The first-order chi connectivity index (χ1) is 7.04. The van der Waals surface area contributed by atoms with E-state index in [0.717, 1.165) is 25.1 Å². The van der Waals surface area contributed by atoms with Gasteiger partial charge in [-0.3, -0.25) is 4.98 Å². The molecule has 2 nitrogen and oxygen atoms in total. The van der Waals surface area contributed by atoms with Crippen LogP contribution in [0.3, 0.4) is 0 Å². The maximum Gasteiger partial charge on any atom is 0.0890 e. The fourth-order valence-electron chi connectivity index (χ4n) is 1.92. The zero-order valence-corrected chi connectivity index (χ0v) is 9.84. The van der Waals surface area contributed by atoms with E-state index in [0.29, 0.717) is 12.0 Å². The first-order valence-electron chi connectivity index (χ1n) is 5.60. The number of hydrogen-bond donors (Lipinski definition) is 0. The zero-order valence-electron chi connectivity index (χ0n) is 9.84. The van der Waals surface area contributed by atoms with Crippen molar-refractivity contribution < 1.29 is 4.74 Å². The molecule has 0 spiro atoms. The Hall–Kier alpha value is -0.890. The average molecular weight is 205 g/mol. The van der Waals surface area contributed by atoms with E-state index in [9.17, 15) is 0 Å². The van der Waals surface area contributed by atoms with Crippen molar-refractivity contribution in [2.24, 2.45) is 5.41 Å². The summed E-state index contributed by atoms with van der Waals surface area (Å²) in [5.74, 6) is 0. The molecule has 1 aromatic rings. The second kappa shape index (κ2) is 3.93. The Kier molecular flexibility index (Phi) is 2.79. The van der Waals surface area contributed by atoms with Crippen LogP contribution in [0.5, 0.6) is 0 Å². The third-order valence-electron chi connectivity index (χ3n) is 2.59. The Bertz CT molecular complexity index is 352. The highest BCUT2D eigenvalue weighted by Crippen LogP contribution is 2.21. The summed E-state index contributed by atoms with van der Waals surface area (Å²) in [5.41, 5.74) is 3.99. The fraction of sp³-hybridized carbons (Fsp3) is 0.615. The highest BCUT2D eigenvalue weighted by molar-refractivity contribution is 5.24. The molecule has 1 aliphatic heterocycles. The standard InChI is InChI=1S/C13H19NO/c1-13(2,3)8-11-5-4-10-6-7-15-9-12(10)14-11/h4-5H,6-9H2,1-3H3. The van der Waals surface area contributed by atoms with E-state index < -0.39 is 0 Å². The van der Waals surface area contributed by atoms with Crippen molar-refractivity contribution >= 4 is 0 Å². The lowest BCUT2D eigenvalue weighted by Crippen LogP contribution is -2.15. The van der Waals surface area contributed by atoms with Gasteiger partial charge in [0.05, 0.1) is 18.9 Å². The molecule has 0 N–H and O–H groups in total. The smallest absolute Gasteiger partial charge is 0.0890 e. The van der Waals surface area contributed by atoms with Crippen LogP contribution in [-0.2, 0) is 24.2 Å². The number of fused-ring (bicyclic) bond motifs is 1. The molecule has 1 aromatic heterocycles. The minimum Gasteiger partial charge on any atom is -0.375 e. The lowest BCUT2D eigenvalue weighted by atomic mass is 9.90. The molecule has 0 atom stereocenters. The molecule has 15 heavy (non-hydrogen) atoms. The van der Waals surface area contributed by atoms with E-state index >= 15 is 0 Å². The summed E-state index contributed by atoms with van der Waals surface area (Å²) in [4.78, 5) is 4.67. The molecule has 0 aromatic carbocycles. The summed E-state index contributed by atoms with van der Waals surface area (Å²) in [5, 5.41) is 0. The first kappa shape index (κ1) is 10.6. The molecule has 0 saturated heterocycles. The summed E-state index contributed by atoms with van der Waals surface area (Å²) in [6.45, 7) is 8.25. The molecule has 0 aliphatic carbocycles. The molecule has 82 valence electrons. The van der Waals surface area contributed by atoms with Crippen LogP contribution in [0, 0.1) is 5.41 Å². The van der Waals surface area contributed by atoms with Gasteiger partial charge in [-0.1, -0.05) is 26.8 Å². The van der Waals surface area contributed by atoms with Gasteiger partial charge < -0.3 is 4.74 Å². The molecule has 2 heterocycles. The van der Waals surface area contributed by atoms with Crippen LogP contribution in [0.2, 0.25) is 0 Å². The number of pyridine rings is 1. The number of nitrogens with zero attached hydrogens (tertiary/aromatic N) is 1. The second-order valence-corrected chi connectivity index (χ2v) is 5.45. The Morgan fingerprint density at radius 2 is 2.13 bits per heavy atom. The minimum absolute atomic E-state index is 0.302. The van der Waals surface area contributed by atoms with Gasteiger partial charge >= 0.3 is 0 Å². The van der Waals surface area contributed by atoms with Crippen molar-refractivity contribution in [2.75, 3.05) is 6.61 Å². The topological polar surface area (TPSA) is 22.1 Å². The number of hydrogen-bond acceptors (Lipinski definition) is 2. The van der Waals surface area contributed by atoms with E-state index in [-0.39, 0.29) is 0 Å². The van der Waals surface area contributed by atoms with E-state index in [2.05, 4.69) is 37.9 Å². The molecule has 2 heteroatoms. The van der Waals surface area contributed by atoms with E-state index in [1.807, 2.05) is 0 Å². The fourth-order valence-corrected chi connectivity index (χ4v) is 1.92. The normalized spacial score (nSPS) is 16.2. The molecule has 0 radical (unpaired) electrons. The molecule has 1 aliphatic rings. The van der Waals surface area contributed by atoms with Gasteiger partial charge in [0, 0.05) is 5.69 Å². The Morgan fingerprint density at radius 3 is 2.87 bits per heavy atom. The number of ether oxygens (including phenoxy) is 1. The van der Waals surface area contributed by atoms with Crippen LogP contribution in [-0.4, -0.2) is 11.6 Å². The van der Waals surface area contributed by atoms with Gasteiger partial charge in [-0.05, 0) is 29.9 Å². The van der Waals surface area contributed by atoms with Crippen LogP contribution >= 0.6 is 0 Å². The quantitative estimate of drug-likeness (QED) is 0.703. The van der Waals surface area contributed by atoms with Gasteiger partial charge in [-0.2, -0.15) is 0 Å². The SMILES string of the molecule is CC(C)(C)Cc1ccc2c(n1)COCC2. The molecular formula is C13H19NO. The van der Waals surface area contributed by atoms with E-state index in [1.165, 1.54) is 11.3 Å². The predicted octanol–water partition coefficient (Wildman–Crippen LogP) is 2.74. The first-order valence-corrected chi connectivity index (χ1v) is 5.60. The lowest BCUT2D eigenvalue weighted by molar-refractivity contribution is 0.107. The van der Waals surface area contributed by atoms with Crippen molar-refractivity contribution in [3.05, 3.63) is 29.1 Å². The van der Waals surface area contributed by atoms with Crippen LogP contribution in [0.25, 0.3) is 0 Å². The van der Waals surface area contributed by atoms with Crippen LogP contribution in [0.4, 0.5) is 0 Å². The van der Waals surface area contributed by atoms with Gasteiger partial charge in [0.1, 0.15) is 0 Å². The predicted molar refractivity (Wildman–Crippen MR) is 60.8 cm³/mol. The molecule has 0 bridgehead atoms.